The van der Waals surface area contributed by atoms with Gasteiger partial charge in [0.1, 0.15) is 12.5 Å². The van der Waals surface area contributed by atoms with Crippen LogP contribution in [0.3, 0.4) is 0 Å². The molecule has 0 aliphatic carbocycles. The highest BCUT2D eigenvalue weighted by molar-refractivity contribution is 6.18. The number of alkyl halides is 1. The summed E-state index contributed by atoms with van der Waals surface area (Å²) in [5.41, 5.74) is 2.20. The molecule has 0 fully saturated rings. The molecule has 0 unspecified atom stereocenters. The molecule has 0 amide bonds. The number of carbonyl (C=O) groups excluding carboxylic acids is 1. The summed E-state index contributed by atoms with van der Waals surface area (Å²) in [5.74, 6) is 0.787. The maximum Gasteiger partial charge on any atom is 0.118 e. The third kappa shape index (κ3) is 11.3. The molecular weight excluding hydrogens is 300 g/mol. The van der Waals surface area contributed by atoms with Crippen LogP contribution in [0.2, 0.25) is 0 Å². The Bertz CT molecular complexity index is 546. The van der Waals surface area contributed by atoms with E-state index in [4.69, 9.17) is 26.8 Å². The predicted octanol–water partition coefficient (Wildman–Crippen LogP) is 3.46. The average molecular weight is 321 g/mol. The summed E-state index contributed by atoms with van der Waals surface area (Å²) in [4.78, 5) is 8.00. The largest absolute Gasteiger partial charge is 0.508 e. The van der Waals surface area contributed by atoms with Crippen LogP contribution in [0.25, 0.3) is 0 Å². The highest BCUT2D eigenvalue weighted by Gasteiger charge is 1.94. The standard InChI is InChI=1S/C8H12ClN.C8H7NO.CH2O/c1-8(10-2)6-4-3-5-7-9;1-6-4-7(5-9)2-3-8(6)10;1-2/h3-6,10H,1,7H2,2H3;2-4,10H,1H3;1H2/b5-3-,6-4-;;. The number of hydrogen-bond acceptors (Lipinski definition) is 4. The van der Waals surface area contributed by atoms with Crippen LogP contribution < -0.4 is 5.32 Å². The highest BCUT2D eigenvalue weighted by Crippen LogP contribution is 2.15. The first kappa shape index (κ1) is 21.8. The van der Waals surface area contributed by atoms with Crippen molar-refractivity contribution in [3.05, 3.63) is 65.9 Å². The van der Waals surface area contributed by atoms with Crippen molar-refractivity contribution in [2.24, 2.45) is 0 Å². The summed E-state index contributed by atoms with van der Waals surface area (Å²) in [7, 11) is 1.83. The number of halogens is 1. The van der Waals surface area contributed by atoms with E-state index < -0.39 is 0 Å². The van der Waals surface area contributed by atoms with Gasteiger partial charge in [-0.15, -0.1) is 11.6 Å². The number of allylic oxidation sites excluding steroid dienone is 4. The number of rotatable bonds is 4. The maximum atomic E-state index is 9.03. The van der Waals surface area contributed by atoms with Gasteiger partial charge in [0.15, 0.2) is 0 Å². The molecule has 0 atom stereocenters. The summed E-state index contributed by atoms with van der Waals surface area (Å²) >= 11 is 5.39. The minimum absolute atomic E-state index is 0.235. The number of aryl methyl sites for hydroxylation is 1. The predicted molar refractivity (Wildman–Crippen MR) is 91.9 cm³/mol. The van der Waals surface area contributed by atoms with Gasteiger partial charge in [-0.05, 0) is 36.8 Å². The molecule has 1 rings (SSSR count). The van der Waals surface area contributed by atoms with Crippen LogP contribution in [0.15, 0.2) is 54.8 Å². The number of hydrogen-bond donors (Lipinski definition) is 2. The van der Waals surface area contributed by atoms with Crippen molar-refractivity contribution in [1.29, 1.82) is 5.26 Å². The summed E-state index contributed by atoms with van der Waals surface area (Å²) in [6, 6.07) is 6.74. The topological polar surface area (TPSA) is 73.1 Å². The summed E-state index contributed by atoms with van der Waals surface area (Å²) < 4.78 is 0. The van der Waals surface area contributed by atoms with E-state index in [2.05, 4.69) is 11.9 Å². The summed E-state index contributed by atoms with van der Waals surface area (Å²) in [6.07, 6.45) is 7.51. The van der Waals surface area contributed by atoms with Gasteiger partial charge in [0.2, 0.25) is 0 Å². The smallest absolute Gasteiger partial charge is 0.118 e. The average Bonchev–Trinajstić information content (AvgIpc) is 2.56. The minimum Gasteiger partial charge on any atom is -0.508 e. The Hall–Kier alpha value is -2.51. The zero-order valence-electron chi connectivity index (χ0n) is 12.8. The minimum atomic E-state index is 0.235. The van der Waals surface area contributed by atoms with E-state index in [1.807, 2.05) is 44.2 Å². The van der Waals surface area contributed by atoms with Gasteiger partial charge in [0.05, 0.1) is 11.6 Å². The van der Waals surface area contributed by atoms with Crippen LogP contribution in [0.1, 0.15) is 11.1 Å². The Morgan fingerprint density at radius 1 is 1.45 bits per heavy atom. The van der Waals surface area contributed by atoms with Gasteiger partial charge < -0.3 is 15.2 Å². The Kier molecular flexibility index (Phi) is 14.7. The van der Waals surface area contributed by atoms with Gasteiger partial charge in [-0.1, -0.05) is 24.8 Å². The molecule has 0 aliphatic heterocycles. The van der Waals surface area contributed by atoms with Gasteiger partial charge in [-0.25, -0.2) is 0 Å². The summed E-state index contributed by atoms with van der Waals surface area (Å²) in [5, 5.41) is 20.3. The lowest BCUT2D eigenvalue weighted by molar-refractivity contribution is -0.0979. The number of nitrogens with one attached hydrogen (secondary N) is 1. The fourth-order valence-corrected chi connectivity index (χ4v) is 1.21. The molecule has 0 aromatic heterocycles. The second-order valence-electron chi connectivity index (χ2n) is 3.83. The van der Waals surface area contributed by atoms with Gasteiger partial charge in [-0.3, -0.25) is 0 Å². The Balaban J connectivity index is 0. The molecule has 0 radical (unpaired) electrons. The maximum absolute atomic E-state index is 9.03. The van der Waals surface area contributed by atoms with E-state index >= 15 is 0 Å². The lowest BCUT2D eigenvalue weighted by atomic mass is 10.1. The molecule has 0 aliphatic rings. The SMILES string of the molecule is C=C(/C=C\C=C/CCl)NC.C=O.Cc1cc(C#N)ccc1O. The Labute approximate surface area is 137 Å². The van der Waals surface area contributed by atoms with Crippen molar-refractivity contribution in [1.82, 2.24) is 5.32 Å². The van der Waals surface area contributed by atoms with Crippen molar-refractivity contribution >= 4 is 18.4 Å². The first-order valence-electron chi connectivity index (χ1n) is 6.29. The van der Waals surface area contributed by atoms with Gasteiger partial charge in [0.25, 0.3) is 0 Å². The Morgan fingerprint density at radius 2 is 2.09 bits per heavy atom. The highest BCUT2D eigenvalue weighted by atomic mass is 35.5. The van der Waals surface area contributed by atoms with Gasteiger partial charge in [-0.2, -0.15) is 5.26 Å². The monoisotopic (exact) mass is 320 g/mol. The third-order valence-electron chi connectivity index (χ3n) is 2.28. The van der Waals surface area contributed by atoms with E-state index in [9.17, 15) is 0 Å². The number of nitrogens with zero attached hydrogens (tertiary/aromatic N) is 1. The molecule has 0 saturated carbocycles. The third-order valence-corrected chi connectivity index (χ3v) is 2.46. The molecule has 22 heavy (non-hydrogen) atoms. The van der Waals surface area contributed by atoms with Gasteiger partial charge >= 0.3 is 0 Å². The molecule has 0 heterocycles. The molecule has 118 valence electrons. The molecule has 4 nitrogen and oxygen atoms in total. The lowest BCUT2D eigenvalue weighted by Crippen LogP contribution is -1.99. The van der Waals surface area contributed by atoms with Crippen LogP contribution in [-0.4, -0.2) is 24.8 Å². The van der Waals surface area contributed by atoms with Crippen LogP contribution in [0.4, 0.5) is 0 Å². The van der Waals surface area contributed by atoms with E-state index in [0.29, 0.717) is 11.4 Å². The fourth-order valence-electron chi connectivity index (χ4n) is 1.11. The zero-order valence-corrected chi connectivity index (χ0v) is 13.6. The first-order chi connectivity index (χ1) is 10.5. The van der Waals surface area contributed by atoms with Crippen molar-refractivity contribution in [3.63, 3.8) is 0 Å². The van der Waals surface area contributed by atoms with Crippen molar-refractivity contribution in [2.45, 2.75) is 6.92 Å². The number of phenolic OH excluding ortho intramolecular Hbond substituents is 1. The van der Waals surface area contributed by atoms with E-state index in [1.165, 1.54) is 6.07 Å². The number of phenols is 1. The molecule has 0 spiro atoms. The first-order valence-corrected chi connectivity index (χ1v) is 6.83. The lowest BCUT2D eigenvalue weighted by Gasteiger charge is -1.95. The normalized spacial score (nSPS) is 9.18. The fraction of sp³-hybridized carbons (Fsp3) is 0.176. The molecule has 0 bridgehead atoms. The number of carbonyl (C=O) groups is 1. The zero-order chi connectivity index (χ0) is 17.4. The molecule has 1 aromatic carbocycles. The van der Waals surface area contributed by atoms with Crippen molar-refractivity contribution < 1.29 is 9.90 Å². The molecule has 5 heteroatoms. The van der Waals surface area contributed by atoms with Crippen molar-refractivity contribution in [2.75, 3.05) is 12.9 Å². The van der Waals surface area contributed by atoms with Crippen LogP contribution >= 0.6 is 11.6 Å². The van der Waals surface area contributed by atoms with E-state index in [-0.39, 0.29) is 5.75 Å². The second-order valence-corrected chi connectivity index (χ2v) is 4.14. The van der Waals surface area contributed by atoms with E-state index in [0.717, 1.165) is 11.3 Å². The van der Waals surface area contributed by atoms with E-state index in [1.54, 1.807) is 19.1 Å². The van der Waals surface area contributed by atoms with Crippen LogP contribution in [-0.2, 0) is 4.79 Å². The molecule has 2 N–H and O–H groups in total. The second kappa shape index (κ2) is 14.9. The molecule has 1 aromatic rings. The Morgan fingerprint density at radius 3 is 2.55 bits per heavy atom. The van der Waals surface area contributed by atoms with Crippen molar-refractivity contribution in [3.8, 4) is 11.8 Å². The van der Waals surface area contributed by atoms with Crippen LogP contribution in [0, 0.1) is 18.3 Å². The van der Waals surface area contributed by atoms with Crippen LogP contribution in [0.5, 0.6) is 5.75 Å². The number of nitriles is 1. The number of likely N-dealkylation sites (N-methyl/N-ethyl adjacent to an activating group) is 1. The quantitative estimate of drug-likeness (QED) is 0.658. The van der Waals surface area contributed by atoms with Gasteiger partial charge in [0, 0.05) is 18.6 Å². The number of benzene rings is 1. The summed E-state index contributed by atoms with van der Waals surface area (Å²) in [6.45, 7) is 7.47. The number of aromatic hydroxyl groups is 1. The molecular formula is C17H21ClN2O2. The molecule has 0 saturated heterocycles.